The minimum absolute atomic E-state index is 0.295. The van der Waals surface area contributed by atoms with Crippen molar-refractivity contribution in [3.8, 4) is 0 Å². The highest BCUT2D eigenvalue weighted by atomic mass is 19.1. The third kappa shape index (κ3) is 3.28. The second-order valence-corrected chi connectivity index (χ2v) is 7.48. The largest absolute Gasteiger partial charge is 0.325 e. The minimum atomic E-state index is -1.30. The quantitative estimate of drug-likeness (QED) is 0.650. The van der Waals surface area contributed by atoms with Crippen molar-refractivity contribution in [2.75, 3.05) is 11.9 Å². The first kappa shape index (κ1) is 19.6. The fraction of sp³-hybridized carbons (Fsp3) is 0.174. The first-order valence-corrected chi connectivity index (χ1v) is 9.48. The standard InChI is InChI=1S/C23H20FN3O3/c1-14-10-11-16(24)12-19(14)25-20(28)13-27-21(29)23(2,26-22(27)30)18-9-5-7-15-6-3-4-8-17(15)18/h3-12H,13H2,1-2H3,(H,25,28)(H,26,30)/t23-/m0/s1. The molecule has 1 fully saturated rings. The van der Waals surface area contributed by atoms with Crippen molar-refractivity contribution in [2.24, 2.45) is 0 Å². The number of hydrogen-bond donors (Lipinski definition) is 2. The van der Waals surface area contributed by atoms with Crippen LogP contribution in [0.25, 0.3) is 10.8 Å². The molecular weight excluding hydrogens is 385 g/mol. The van der Waals surface area contributed by atoms with Crippen LogP contribution in [-0.2, 0) is 15.1 Å². The zero-order chi connectivity index (χ0) is 21.5. The highest BCUT2D eigenvalue weighted by molar-refractivity contribution is 6.11. The molecule has 1 heterocycles. The zero-order valence-electron chi connectivity index (χ0n) is 16.5. The summed E-state index contributed by atoms with van der Waals surface area (Å²) in [5.41, 5.74) is 0.321. The van der Waals surface area contributed by atoms with Gasteiger partial charge in [-0.2, -0.15) is 0 Å². The van der Waals surface area contributed by atoms with E-state index >= 15 is 0 Å². The van der Waals surface area contributed by atoms with Gasteiger partial charge in [0.25, 0.3) is 5.91 Å². The highest BCUT2D eigenvalue weighted by Gasteiger charge is 2.50. The molecule has 1 aliphatic rings. The van der Waals surface area contributed by atoms with Crippen LogP contribution in [-0.4, -0.2) is 29.3 Å². The molecule has 3 aromatic carbocycles. The number of benzene rings is 3. The molecule has 30 heavy (non-hydrogen) atoms. The first-order valence-electron chi connectivity index (χ1n) is 9.48. The second-order valence-electron chi connectivity index (χ2n) is 7.48. The van der Waals surface area contributed by atoms with Gasteiger partial charge in [-0.25, -0.2) is 9.18 Å². The van der Waals surface area contributed by atoms with Gasteiger partial charge >= 0.3 is 6.03 Å². The lowest BCUT2D eigenvalue weighted by Gasteiger charge is -2.24. The van der Waals surface area contributed by atoms with Gasteiger partial charge in [0.15, 0.2) is 0 Å². The van der Waals surface area contributed by atoms with Crippen LogP contribution in [0.1, 0.15) is 18.1 Å². The SMILES string of the molecule is Cc1ccc(F)cc1NC(=O)CN1C(=O)N[C@@](C)(c2cccc3ccccc23)C1=O. The van der Waals surface area contributed by atoms with E-state index < -0.39 is 35.7 Å². The van der Waals surface area contributed by atoms with Gasteiger partial charge in [-0.3, -0.25) is 14.5 Å². The van der Waals surface area contributed by atoms with E-state index in [1.807, 2.05) is 36.4 Å². The number of nitrogens with zero attached hydrogens (tertiary/aromatic N) is 1. The van der Waals surface area contributed by atoms with E-state index in [9.17, 15) is 18.8 Å². The summed E-state index contributed by atoms with van der Waals surface area (Å²) >= 11 is 0. The van der Waals surface area contributed by atoms with Crippen LogP contribution in [0.5, 0.6) is 0 Å². The van der Waals surface area contributed by atoms with Gasteiger partial charge in [-0.05, 0) is 47.9 Å². The lowest BCUT2D eigenvalue weighted by molar-refractivity contribution is -0.133. The van der Waals surface area contributed by atoms with E-state index in [0.29, 0.717) is 16.8 Å². The summed E-state index contributed by atoms with van der Waals surface area (Å²) in [5, 5.41) is 7.07. The molecule has 6 nitrogen and oxygen atoms in total. The summed E-state index contributed by atoms with van der Waals surface area (Å²) < 4.78 is 13.5. The van der Waals surface area contributed by atoms with Gasteiger partial charge < -0.3 is 10.6 Å². The molecule has 0 saturated carbocycles. The van der Waals surface area contributed by atoms with E-state index in [1.165, 1.54) is 18.2 Å². The maximum Gasteiger partial charge on any atom is 0.325 e. The van der Waals surface area contributed by atoms with Gasteiger partial charge in [0, 0.05) is 5.69 Å². The molecule has 0 radical (unpaired) electrons. The third-order valence-corrected chi connectivity index (χ3v) is 5.38. The average Bonchev–Trinajstić information content (AvgIpc) is 2.94. The van der Waals surface area contributed by atoms with Crippen molar-refractivity contribution in [1.29, 1.82) is 0 Å². The third-order valence-electron chi connectivity index (χ3n) is 5.38. The van der Waals surface area contributed by atoms with Gasteiger partial charge in [-0.15, -0.1) is 0 Å². The van der Waals surface area contributed by atoms with Crippen molar-refractivity contribution < 1.29 is 18.8 Å². The molecule has 7 heteroatoms. The van der Waals surface area contributed by atoms with Crippen molar-refractivity contribution in [3.05, 3.63) is 77.6 Å². The normalized spacial score (nSPS) is 18.6. The number of carbonyl (C=O) groups is 3. The fourth-order valence-corrected chi connectivity index (χ4v) is 3.75. The number of imide groups is 1. The maximum absolute atomic E-state index is 13.5. The number of aryl methyl sites for hydroxylation is 1. The fourth-order valence-electron chi connectivity index (χ4n) is 3.75. The van der Waals surface area contributed by atoms with Crippen molar-refractivity contribution >= 4 is 34.3 Å². The summed E-state index contributed by atoms with van der Waals surface area (Å²) in [6.07, 6.45) is 0. The Kier molecular flexibility index (Phi) is 4.73. The second kappa shape index (κ2) is 7.26. The Hall–Kier alpha value is -3.74. The van der Waals surface area contributed by atoms with Crippen molar-refractivity contribution in [3.63, 3.8) is 0 Å². The molecule has 4 amide bonds. The number of halogens is 1. The molecular formula is C23H20FN3O3. The molecule has 0 aliphatic carbocycles. The van der Waals surface area contributed by atoms with Gasteiger partial charge in [0.1, 0.15) is 17.9 Å². The Balaban J connectivity index is 1.59. The number of urea groups is 1. The number of carbonyl (C=O) groups excluding carboxylic acids is 3. The Morgan fingerprint density at radius 3 is 2.63 bits per heavy atom. The number of anilines is 1. The maximum atomic E-state index is 13.5. The number of fused-ring (bicyclic) bond motifs is 1. The van der Waals surface area contributed by atoms with E-state index in [1.54, 1.807) is 19.9 Å². The van der Waals surface area contributed by atoms with Crippen LogP contribution in [0, 0.1) is 12.7 Å². The lowest BCUT2D eigenvalue weighted by Crippen LogP contribution is -2.42. The average molecular weight is 405 g/mol. The summed E-state index contributed by atoms with van der Waals surface area (Å²) in [6, 6.07) is 16.5. The summed E-state index contributed by atoms with van der Waals surface area (Å²) in [5.74, 6) is -1.60. The molecule has 0 unspecified atom stereocenters. The molecule has 0 spiro atoms. The summed E-state index contributed by atoms with van der Waals surface area (Å²) in [6.45, 7) is 2.88. The lowest BCUT2D eigenvalue weighted by atomic mass is 9.88. The summed E-state index contributed by atoms with van der Waals surface area (Å²) in [4.78, 5) is 39.1. The Labute approximate surface area is 172 Å². The van der Waals surface area contributed by atoms with Crippen LogP contribution in [0.2, 0.25) is 0 Å². The topological polar surface area (TPSA) is 78.5 Å². The zero-order valence-corrected chi connectivity index (χ0v) is 16.5. The summed E-state index contributed by atoms with van der Waals surface area (Å²) in [7, 11) is 0. The van der Waals surface area contributed by atoms with Gasteiger partial charge in [0.2, 0.25) is 5.91 Å². The van der Waals surface area contributed by atoms with Gasteiger partial charge in [0.05, 0.1) is 0 Å². The molecule has 0 bridgehead atoms. The Bertz CT molecular complexity index is 1190. The van der Waals surface area contributed by atoms with Crippen LogP contribution in [0.3, 0.4) is 0 Å². The molecule has 1 aliphatic heterocycles. The molecule has 1 atom stereocenters. The highest BCUT2D eigenvalue weighted by Crippen LogP contribution is 2.33. The Morgan fingerprint density at radius 2 is 1.83 bits per heavy atom. The van der Waals surface area contributed by atoms with Crippen molar-refractivity contribution in [2.45, 2.75) is 19.4 Å². The monoisotopic (exact) mass is 405 g/mol. The van der Waals surface area contributed by atoms with E-state index in [2.05, 4.69) is 10.6 Å². The van der Waals surface area contributed by atoms with Crippen LogP contribution < -0.4 is 10.6 Å². The van der Waals surface area contributed by atoms with E-state index in [-0.39, 0.29) is 0 Å². The molecule has 0 aromatic heterocycles. The predicted molar refractivity (Wildman–Crippen MR) is 111 cm³/mol. The van der Waals surface area contributed by atoms with E-state index in [0.717, 1.165) is 15.7 Å². The molecule has 4 rings (SSSR count). The van der Waals surface area contributed by atoms with Crippen molar-refractivity contribution in [1.82, 2.24) is 10.2 Å². The number of rotatable bonds is 4. The smallest absolute Gasteiger partial charge is 0.324 e. The van der Waals surface area contributed by atoms with E-state index in [4.69, 9.17) is 0 Å². The number of amides is 4. The van der Waals surface area contributed by atoms with Gasteiger partial charge in [-0.1, -0.05) is 48.5 Å². The predicted octanol–water partition coefficient (Wildman–Crippen LogP) is 3.69. The molecule has 1 saturated heterocycles. The van der Waals surface area contributed by atoms with Crippen LogP contribution in [0.15, 0.2) is 60.7 Å². The Morgan fingerprint density at radius 1 is 1.10 bits per heavy atom. The van der Waals surface area contributed by atoms with Crippen LogP contribution >= 0.6 is 0 Å². The number of nitrogens with one attached hydrogen (secondary N) is 2. The minimum Gasteiger partial charge on any atom is -0.324 e. The van der Waals surface area contributed by atoms with Crippen LogP contribution in [0.4, 0.5) is 14.9 Å². The first-order chi connectivity index (χ1) is 14.3. The number of hydrogen-bond acceptors (Lipinski definition) is 3. The molecule has 2 N–H and O–H groups in total. The molecule has 152 valence electrons. The molecule has 3 aromatic rings.